The van der Waals surface area contributed by atoms with Crippen LogP contribution >= 0.6 is 0 Å². The molecule has 1 fully saturated rings. The highest BCUT2D eigenvalue weighted by Gasteiger charge is 2.30. The van der Waals surface area contributed by atoms with Crippen LogP contribution < -0.4 is 11.3 Å². The van der Waals surface area contributed by atoms with Crippen molar-refractivity contribution < 1.29 is 9.59 Å². The van der Waals surface area contributed by atoms with E-state index in [1.807, 2.05) is 60.8 Å². The Balaban J connectivity index is 1.85. The number of aromatic nitrogens is 3. The van der Waals surface area contributed by atoms with Crippen molar-refractivity contribution in [2.75, 3.05) is 13.1 Å². The zero-order chi connectivity index (χ0) is 26.0. The number of benzene rings is 1. The lowest BCUT2D eigenvalue weighted by Gasteiger charge is -2.17. The van der Waals surface area contributed by atoms with Gasteiger partial charge in [-0.05, 0) is 51.7 Å². The second-order valence-corrected chi connectivity index (χ2v) is 9.68. The average Bonchev–Trinajstić information content (AvgIpc) is 3.45. The van der Waals surface area contributed by atoms with Crippen LogP contribution in [-0.4, -0.2) is 43.7 Å². The minimum absolute atomic E-state index is 0.165. The SMILES string of the molecule is CCCCc1c(-c2c(C)n(C)n(-c3ccccc3)c2=O)c(C(N)=O)c(C)n1CCCN1CCCC1=O. The lowest BCUT2D eigenvalue weighted by Crippen LogP contribution is -2.26. The maximum atomic E-state index is 13.9. The summed E-state index contributed by atoms with van der Waals surface area (Å²) in [4.78, 5) is 40.7. The third-order valence-electron chi connectivity index (χ3n) is 7.43. The van der Waals surface area contributed by atoms with Crippen LogP contribution in [0, 0.1) is 13.8 Å². The van der Waals surface area contributed by atoms with Crippen LogP contribution in [0.2, 0.25) is 0 Å². The van der Waals surface area contributed by atoms with E-state index in [4.69, 9.17) is 5.73 Å². The quantitative estimate of drug-likeness (QED) is 0.468. The summed E-state index contributed by atoms with van der Waals surface area (Å²) < 4.78 is 5.64. The van der Waals surface area contributed by atoms with E-state index in [1.165, 1.54) is 0 Å². The number of hydrogen-bond acceptors (Lipinski definition) is 3. The standard InChI is InChI=1S/C28H37N5O3/c1-5-6-14-22-26(25-19(2)30(4)33(28(25)36)21-12-8-7-9-13-21)24(27(29)35)20(3)32(22)18-11-17-31-16-10-15-23(31)34/h7-9,12-13H,5-6,10-11,14-18H2,1-4H3,(H2,29,35). The van der Waals surface area contributed by atoms with E-state index in [1.54, 1.807) is 4.68 Å². The molecule has 0 saturated carbocycles. The molecule has 0 bridgehead atoms. The molecule has 36 heavy (non-hydrogen) atoms. The topological polar surface area (TPSA) is 95.3 Å². The highest BCUT2D eigenvalue weighted by atomic mass is 16.2. The van der Waals surface area contributed by atoms with Gasteiger partial charge in [0.15, 0.2) is 0 Å². The molecular formula is C28H37N5O3. The molecule has 1 aliphatic rings. The second kappa shape index (κ2) is 10.6. The van der Waals surface area contributed by atoms with Gasteiger partial charge in [0.25, 0.3) is 11.5 Å². The average molecular weight is 492 g/mol. The summed E-state index contributed by atoms with van der Waals surface area (Å²) in [6.07, 6.45) is 4.97. The molecule has 0 spiro atoms. The zero-order valence-electron chi connectivity index (χ0n) is 21.8. The van der Waals surface area contributed by atoms with Crippen molar-refractivity contribution in [2.45, 2.75) is 65.8 Å². The number of rotatable bonds is 10. The van der Waals surface area contributed by atoms with E-state index in [-0.39, 0.29) is 11.5 Å². The van der Waals surface area contributed by atoms with Crippen LogP contribution in [0.3, 0.4) is 0 Å². The number of unbranched alkanes of at least 4 members (excludes halogenated alkanes) is 1. The van der Waals surface area contributed by atoms with E-state index >= 15 is 0 Å². The summed E-state index contributed by atoms with van der Waals surface area (Å²) in [6, 6.07) is 9.51. The van der Waals surface area contributed by atoms with Gasteiger partial charge in [-0.3, -0.25) is 19.1 Å². The number of carbonyl (C=O) groups is 2. The van der Waals surface area contributed by atoms with Gasteiger partial charge < -0.3 is 15.2 Å². The van der Waals surface area contributed by atoms with Gasteiger partial charge in [-0.1, -0.05) is 31.5 Å². The van der Waals surface area contributed by atoms with E-state index in [0.717, 1.165) is 61.4 Å². The monoisotopic (exact) mass is 491 g/mol. The maximum Gasteiger partial charge on any atom is 0.279 e. The van der Waals surface area contributed by atoms with Gasteiger partial charge in [0, 0.05) is 55.7 Å². The predicted molar refractivity (Wildman–Crippen MR) is 141 cm³/mol. The summed E-state index contributed by atoms with van der Waals surface area (Å²) in [7, 11) is 1.86. The number of likely N-dealkylation sites (tertiary alicyclic amines) is 1. The fourth-order valence-electron chi connectivity index (χ4n) is 5.49. The highest BCUT2D eigenvalue weighted by Crippen LogP contribution is 2.35. The van der Waals surface area contributed by atoms with Crippen LogP contribution in [0.15, 0.2) is 35.1 Å². The van der Waals surface area contributed by atoms with Crippen LogP contribution in [-0.2, 0) is 24.8 Å². The molecule has 0 unspecified atom stereocenters. The maximum absolute atomic E-state index is 13.9. The molecule has 4 rings (SSSR count). The van der Waals surface area contributed by atoms with E-state index in [9.17, 15) is 14.4 Å². The van der Waals surface area contributed by atoms with Crippen molar-refractivity contribution in [2.24, 2.45) is 12.8 Å². The first-order chi connectivity index (χ1) is 17.3. The third-order valence-corrected chi connectivity index (χ3v) is 7.43. The zero-order valence-corrected chi connectivity index (χ0v) is 21.8. The Labute approximate surface area is 212 Å². The molecule has 0 atom stereocenters. The number of hydrogen-bond donors (Lipinski definition) is 1. The van der Waals surface area contributed by atoms with Gasteiger partial charge in [-0.15, -0.1) is 0 Å². The molecule has 1 aromatic carbocycles. The lowest BCUT2D eigenvalue weighted by molar-refractivity contribution is -0.127. The fraction of sp³-hybridized carbons (Fsp3) is 0.464. The molecule has 8 nitrogen and oxygen atoms in total. The summed E-state index contributed by atoms with van der Waals surface area (Å²) in [5, 5.41) is 0. The first kappa shape index (κ1) is 25.5. The molecule has 2 aromatic heterocycles. The summed E-state index contributed by atoms with van der Waals surface area (Å²) in [5.41, 5.74) is 10.7. The van der Waals surface area contributed by atoms with E-state index in [2.05, 4.69) is 11.5 Å². The Hall–Kier alpha value is -3.55. The minimum atomic E-state index is -0.525. The Bertz CT molecular complexity index is 1330. The Kier molecular flexibility index (Phi) is 7.52. The van der Waals surface area contributed by atoms with Crippen molar-refractivity contribution in [1.82, 2.24) is 18.8 Å². The van der Waals surface area contributed by atoms with Gasteiger partial charge in [-0.25, -0.2) is 4.68 Å². The largest absolute Gasteiger partial charge is 0.366 e. The van der Waals surface area contributed by atoms with Crippen molar-refractivity contribution in [3.05, 3.63) is 63.3 Å². The molecule has 8 heteroatoms. The molecule has 2 amide bonds. The second-order valence-electron chi connectivity index (χ2n) is 9.68. The molecular weight excluding hydrogens is 454 g/mol. The summed E-state index contributed by atoms with van der Waals surface area (Å²) >= 11 is 0. The minimum Gasteiger partial charge on any atom is -0.366 e. The number of nitrogens with zero attached hydrogens (tertiary/aromatic N) is 4. The molecule has 0 aliphatic carbocycles. The van der Waals surface area contributed by atoms with Gasteiger partial charge in [0.2, 0.25) is 5.91 Å². The molecule has 2 N–H and O–H groups in total. The first-order valence-corrected chi connectivity index (χ1v) is 12.9. The van der Waals surface area contributed by atoms with E-state index < -0.39 is 5.91 Å². The lowest BCUT2D eigenvalue weighted by atomic mass is 9.98. The predicted octanol–water partition coefficient (Wildman–Crippen LogP) is 3.72. The number of amides is 2. The molecule has 3 aromatic rings. The number of primary amides is 1. The highest BCUT2D eigenvalue weighted by molar-refractivity contribution is 6.02. The van der Waals surface area contributed by atoms with Gasteiger partial charge in [0.1, 0.15) is 0 Å². The third kappa shape index (κ3) is 4.52. The summed E-state index contributed by atoms with van der Waals surface area (Å²) in [5.74, 6) is -0.312. The Morgan fingerprint density at radius 1 is 1.00 bits per heavy atom. The van der Waals surface area contributed by atoms with Crippen molar-refractivity contribution in [1.29, 1.82) is 0 Å². The smallest absolute Gasteiger partial charge is 0.279 e. The number of carbonyl (C=O) groups excluding carboxylic acids is 2. The van der Waals surface area contributed by atoms with Crippen molar-refractivity contribution in [3.8, 4) is 16.8 Å². The Morgan fingerprint density at radius 2 is 1.72 bits per heavy atom. The number of nitrogens with two attached hydrogens (primary N) is 1. The van der Waals surface area contributed by atoms with E-state index in [0.29, 0.717) is 36.2 Å². The molecule has 0 radical (unpaired) electrons. The van der Waals surface area contributed by atoms with Gasteiger partial charge in [-0.2, -0.15) is 0 Å². The molecule has 3 heterocycles. The molecule has 1 saturated heterocycles. The number of para-hydroxylation sites is 1. The van der Waals surface area contributed by atoms with Crippen molar-refractivity contribution >= 4 is 11.8 Å². The molecule has 192 valence electrons. The van der Waals surface area contributed by atoms with Crippen LogP contribution in [0.1, 0.15) is 66.5 Å². The van der Waals surface area contributed by atoms with Crippen molar-refractivity contribution in [3.63, 3.8) is 0 Å². The summed E-state index contributed by atoms with van der Waals surface area (Å²) in [6.45, 7) is 8.12. The van der Waals surface area contributed by atoms with Crippen LogP contribution in [0.4, 0.5) is 0 Å². The Morgan fingerprint density at radius 3 is 2.33 bits per heavy atom. The fourth-order valence-corrected chi connectivity index (χ4v) is 5.49. The molecule has 1 aliphatic heterocycles. The van der Waals surface area contributed by atoms with Crippen LogP contribution in [0.5, 0.6) is 0 Å². The van der Waals surface area contributed by atoms with Crippen LogP contribution in [0.25, 0.3) is 16.8 Å². The first-order valence-electron chi connectivity index (χ1n) is 12.9. The van der Waals surface area contributed by atoms with Gasteiger partial charge >= 0.3 is 0 Å². The normalized spacial score (nSPS) is 13.7. The van der Waals surface area contributed by atoms with Gasteiger partial charge in [0.05, 0.1) is 16.8 Å².